The Morgan fingerprint density at radius 1 is 1.04 bits per heavy atom. The van der Waals surface area contributed by atoms with Gasteiger partial charge in [-0.05, 0) is 24.3 Å². The van der Waals surface area contributed by atoms with E-state index in [-0.39, 0.29) is 16.3 Å². The van der Waals surface area contributed by atoms with Gasteiger partial charge in [-0.25, -0.2) is 16.8 Å². The molecular weight excluding hydrogens is 395 g/mol. The summed E-state index contributed by atoms with van der Waals surface area (Å²) < 4.78 is 48.9. The van der Waals surface area contributed by atoms with Crippen LogP contribution in [0.2, 0.25) is 10.2 Å². The van der Waals surface area contributed by atoms with Crippen LogP contribution >= 0.6 is 23.2 Å². The average Bonchev–Trinajstić information content (AvgIpc) is 2.70. The molecular formula is C14H16Cl2N2O4S2. The maximum atomic E-state index is 12.0. The fraction of sp³-hybridized carbons (Fsp3) is 0.286. The molecule has 0 aliphatic heterocycles. The van der Waals surface area contributed by atoms with Crippen LogP contribution in [0, 0.1) is 0 Å². The van der Waals surface area contributed by atoms with Gasteiger partial charge in [0.15, 0.2) is 19.7 Å². The summed E-state index contributed by atoms with van der Waals surface area (Å²) in [4.78, 5) is -0.143. The minimum Gasteiger partial charge on any atom is -0.378 e. The largest absolute Gasteiger partial charge is 0.378 e. The Kier molecular flexibility index (Phi) is 5.25. The van der Waals surface area contributed by atoms with Crippen LogP contribution in [-0.2, 0) is 33.3 Å². The summed E-state index contributed by atoms with van der Waals surface area (Å²) in [7, 11) is -5.40. The van der Waals surface area contributed by atoms with Crippen molar-refractivity contribution in [3.05, 3.63) is 40.1 Å². The molecule has 1 heterocycles. The van der Waals surface area contributed by atoms with Crippen LogP contribution in [0.4, 0.5) is 5.69 Å². The standard InChI is InChI=1S/C14H16Cl2N2O4S2/c1-18-9(6-11(15)14(18)16)8-17-12-5-4-10(23(2,19)20)7-13(12)24(3,21)22/h4-7,17H,8H2,1-3H3. The lowest BCUT2D eigenvalue weighted by Gasteiger charge is -2.13. The van der Waals surface area contributed by atoms with Crippen LogP contribution in [-0.4, -0.2) is 33.9 Å². The van der Waals surface area contributed by atoms with Crippen molar-refractivity contribution in [3.8, 4) is 0 Å². The van der Waals surface area contributed by atoms with Gasteiger partial charge in [-0.3, -0.25) is 0 Å². The number of rotatable bonds is 5. The highest BCUT2D eigenvalue weighted by Crippen LogP contribution is 2.28. The van der Waals surface area contributed by atoms with E-state index in [4.69, 9.17) is 23.2 Å². The van der Waals surface area contributed by atoms with Gasteiger partial charge in [0.25, 0.3) is 0 Å². The number of hydrogen-bond donors (Lipinski definition) is 1. The van der Waals surface area contributed by atoms with E-state index in [1.807, 2.05) is 0 Å². The van der Waals surface area contributed by atoms with E-state index in [0.717, 1.165) is 24.3 Å². The van der Waals surface area contributed by atoms with E-state index in [0.29, 0.717) is 15.9 Å². The predicted octanol–water partition coefficient (Wildman–Crippen LogP) is 2.75. The highest BCUT2D eigenvalue weighted by atomic mass is 35.5. The van der Waals surface area contributed by atoms with Crippen molar-refractivity contribution in [2.75, 3.05) is 17.8 Å². The third-order valence-corrected chi connectivity index (χ3v) is 6.55. The van der Waals surface area contributed by atoms with Crippen molar-refractivity contribution < 1.29 is 16.8 Å². The fourth-order valence-electron chi connectivity index (χ4n) is 2.13. The summed E-state index contributed by atoms with van der Waals surface area (Å²) in [5.74, 6) is 0. The Labute approximate surface area is 151 Å². The Bertz CT molecular complexity index is 996. The van der Waals surface area contributed by atoms with E-state index >= 15 is 0 Å². The first-order valence-corrected chi connectivity index (χ1v) is 11.2. The highest BCUT2D eigenvalue weighted by molar-refractivity contribution is 7.91. The van der Waals surface area contributed by atoms with E-state index < -0.39 is 19.7 Å². The van der Waals surface area contributed by atoms with Crippen molar-refractivity contribution in [3.63, 3.8) is 0 Å². The summed E-state index contributed by atoms with van der Waals surface area (Å²) in [5, 5.41) is 3.76. The molecule has 0 aliphatic carbocycles. The minimum absolute atomic E-state index is 0.0570. The van der Waals surface area contributed by atoms with Gasteiger partial charge in [0.2, 0.25) is 0 Å². The van der Waals surface area contributed by atoms with Crippen molar-refractivity contribution >= 4 is 48.6 Å². The molecule has 0 amide bonds. The Morgan fingerprint density at radius 3 is 2.12 bits per heavy atom. The molecule has 0 saturated carbocycles. The van der Waals surface area contributed by atoms with Crippen LogP contribution in [0.1, 0.15) is 5.69 Å². The molecule has 1 aromatic carbocycles. The van der Waals surface area contributed by atoms with Gasteiger partial charge < -0.3 is 9.88 Å². The van der Waals surface area contributed by atoms with Gasteiger partial charge in [-0.2, -0.15) is 0 Å². The second kappa shape index (κ2) is 6.59. The molecule has 2 aromatic rings. The number of anilines is 1. The second-order valence-corrected chi connectivity index (χ2v) is 10.2. The third kappa shape index (κ3) is 4.05. The lowest BCUT2D eigenvalue weighted by Crippen LogP contribution is -2.10. The van der Waals surface area contributed by atoms with Crippen LogP contribution in [0.3, 0.4) is 0 Å². The predicted molar refractivity (Wildman–Crippen MR) is 95.4 cm³/mol. The summed E-state index contributed by atoms with van der Waals surface area (Å²) in [6, 6.07) is 5.61. The fourth-order valence-corrected chi connectivity index (χ4v) is 4.15. The lowest BCUT2D eigenvalue weighted by molar-refractivity contribution is 0.600. The molecule has 0 spiro atoms. The first-order valence-electron chi connectivity index (χ1n) is 6.69. The Morgan fingerprint density at radius 2 is 1.67 bits per heavy atom. The molecule has 1 N–H and O–H groups in total. The van der Waals surface area contributed by atoms with Crippen LogP contribution in [0.25, 0.3) is 0 Å². The van der Waals surface area contributed by atoms with Crippen molar-refractivity contribution in [2.45, 2.75) is 16.3 Å². The van der Waals surface area contributed by atoms with Gasteiger partial charge in [0.05, 0.1) is 27.0 Å². The Hall–Kier alpha value is -1.22. The molecule has 0 fully saturated rings. The quantitative estimate of drug-likeness (QED) is 0.818. The number of sulfone groups is 2. The van der Waals surface area contributed by atoms with Crippen LogP contribution in [0.15, 0.2) is 34.1 Å². The first kappa shape index (κ1) is 19.1. The molecule has 6 nitrogen and oxygen atoms in total. The molecule has 0 atom stereocenters. The summed E-state index contributed by atoms with van der Waals surface area (Å²) >= 11 is 11.9. The zero-order chi connectivity index (χ0) is 18.3. The number of aromatic nitrogens is 1. The smallest absolute Gasteiger partial charge is 0.177 e. The molecule has 0 saturated heterocycles. The molecule has 0 bridgehead atoms. The second-order valence-electron chi connectivity index (χ2n) is 5.39. The summed E-state index contributed by atoms with van der Waals surface area (Å²) in [5.41, 5.74) is 1.05. The molecule has 2 rings (SSSR count). The monoisotopic (exact) mass is 410 g/mol. The van der Waals surface area contributed by atoms with E-state index in [1.165, 1.54) is 12.1 Å². The molecule has 132 valence electrons. The zero-order valence-corrected chi connectivity index (χ0v) is 16.3. The van der Waals surface area contributed by atoms with Gasteiger partial charge in [0, 0.05) is 25.3 Å². The Balaban J connectivity index is 2.41. The number of benzene rings is 1. The highest BCUT2D eigenvalue weighted by Gasteiger charge is 2.18. The topological polar surface area (TPSA) is 85.2 Å². The van der Waals surface area contributed by atoms with Crippen molar-refractivity contribution in [2.24, 2.45) is 7.05 Å². The number of hydrogen-bond acceptors (Lipinski definition) is 5. The summed E-state index contributed by atoms with van der Waals surface area (Å²) in [6.07, 6.45) is 2.05. The molecule has 24 heavy (non-hydrogen) atoms. The molecule has 0 aliphatic rings. The van der Waals surface area contributed by atoms with Gasteiger partial charge >= 0.3 is 0 Å². The van der Waals surface area contributed by atoms with E-state index in [1.54, 1.807) is 17.7 Å². The number of halogens is 2. The number of nitrogens with one attached hydrogen (secondary N) is 1. The van der Waals surface area contributed by atoms with Gasteiger partial charge in [0.1, 0.15) is 5.15 Å². The third-order valence-electron chi connectivity index (χ3n) is 3.46. The van der Waals surface area contributed by atoms with E-state index in [2.05, 4.69) is 5.32 Å². The minimum atomic E-state index is -3.62. The van der Waals surface area contributed by atoms with Crippen molar-refractivity contribution in [1.82, 2.24) is 4.57 Å². The molecule has 0 unspecified atom stereocenters. The van der Waals surface area contributed by atoms with Crippen molar-refractivity contribution in [1.29, 1.82) is 0 Å². The lowest BCUT2D eigenvalue weighted by atomic mass is 10.3. The normalized spacial score (nSPS) is 12.4. The molecule has 0 radical (unpaired) electrons. The van der Waals surface area contributed by atoms with Gasteiger partial charge in [-0.15, -0.1) is 0 Å². The number of nitrogens with zero attached hydrogens (tertiary/aromatic N) is 1. The first-order chi connectivity index (χ1) is 10.9. The average molecular weight is 411 g/mol. The zero-order valence-electron chi connectivity index (χ0n) is 13.2. The van der Waals surface area contributed by atoms with E-state index in [9.17, 15) is 16.8 Å². The summed E-state index contributed by atoms with van der Waals surface area (Å²) in [6.45, 7) is 0.268. The maximum Gasteiger partial charge on any atom is 0.177 e. The van der Waals surface area contributed by atoms with Gasteiger partial charge in [-0.1, -0.05) is 23.2 Å². The van der Waals surface area contributed by atoms with Crippen LogP contribution in [0.5, 0.6) is 0 Å². The molecule has 1 aromatic heterocycles. The maximum absolute atomic E-state index is 12.0. The van der Waals surface area contributed by atoms with Crippen LogP contribution < -0.4 is 5.32 Å². The SMILES string of the molecule is Cn1c(CNc2ccc(S(C)(=O)=O)cc2S(C)(=O)=O)cc(Cl)c1Cl. The molecule has 10 heteroatoms.